The number of hydrogen-bond acceptors (Lipinski definition) is 4. The maximum atomic E-state index is 13.0. The van der Waals surface area contributed by atoms with Crippen molar-refractivity contribution in [3.8, 4) is 0 Å². The first-order valence-electron chi connectivity index (χ1n) is 11.6. The SMILES string of the molecule is CCc1nccn1CCC(=O)N(C)[C@@H]1CC[C@@](CNC(C)=O)(c2ccccc2)CC[C@H]1O. The number of rotatable bonds is 8. The Morgan fingerprint density at radius 1 is 1.25 bits per heavy atom. The minimum absolute atomic E-state index is 0.0267. The van der Waals surface area contributed by atoms with Gasteiger partial charge >= 0.3 is 0 Å². The highest BCUT2D eigenvalue weighted by Gasteiger charge is 2.39. The number of aromatic nitrogens is 2. The van der Waals surface area contributed by atoms with Gasteiger partial charge in [-0.15, -0.1) is 0 Å². The zero-order chi connectivity index (χ0) is 23.1. The molecule has 2 aromatic rings. The molecule has 1 saturated carbocycles. The highest BCUT2D eigenvalue weighted by atomic mass is 16.3. The molecule has 0 radical (unpaired) electrons. The highest BCUT2D eigenvalue weighted by molar-refractivity contribution is 5.76. The fourth-order valence-electron chi connectivity index (χ4n) is 4.90. The average molecular weight is 441 g/mol. The topological polar surface area (TPSA) is 87.5 Å². The van der Waals surface area contributed by atoms with E-state index < -0.39 is 6.10 Å². The van der Waals surface area contributed by atoms with E-state index in [2.05, 4.69) is 29.4 Å². The van der Waals surface area contributed by atoms with Crippen LogP contribution >= 0.6 is 0 Å². The number of nitrogens with one attached hydrogen (secondary N) is 1. The number of nitrogens with zero attached hydrogens (tertiary/aromatic N) is 3. The third-order valence-electron chi connectivity index (χ3n) is 6.92. The molecule has 3 atom stereocenters. The molecule has 1 fully saturated rings. The van der Waals surface area contributed by atoms with Crippen LogP contribution in [0, 0.1) is 0 Å². The summed E-state index contributed by atoms with van der Waals surface area (Å²) in [5.74, 6) is 0.944. The maximum absolute atomic E-state index is 13.0. The van der Waals surface area contributed by atoms with Gasteiger partial charge in [-0.2, -0.15) is 0 Å². The quantitative estimate of drug-likeness (QED) is 0.618. The zero-order valence-corrected chi connectivity index (χ0v) is 19.5. The van der Waals surface area contributed by atoms with Gasteiger partial charge in [0.2, 0.25) is 11.8 Å². The summed E-state index contributed by atoms with van der Waals surface area (Å²) in [5, 5.41) is 14.0. The molecule has 0 aliphatic heterocycles. The number of aryl methyl sites for hydroxylation is 2. The molecule has 1 aliphatic rings. The largest absolute Gasteiger partial charge is 0.391 e. The average Bonchev–Trinajstić information content (AvgIpc) is 3.19. The number of carbonyl (C=O) groups is 2. The van der Waals surface area contributed by atoms with Crippen molar-refractivity contribution < 1.29 is 14.7 Å². The lowest BCUT2D eigenvalue weighted by molar-refractivity contribution is -0.134. The lowest BCUT2D eigenvalue weighted by atomic mass is 9.74. The number of hydrogen-bond donors (Lipinski definition) is 2. The third kappa shape index (κ3) is 5.57. The lowest BCUT2D eigenvalue weighted by Gasteiger charge is -2.34. The summed E-state index contributed by atoms with van der Waals surface area (Å²) >= 11 is 0. The molecule has 1 aliphatic carbocycles. The van der Waals surface area contributed by atoms with Crippen molar-refractivity contribution >= 4 is 11.8 Å². The van der Waals surface area contributed by atoms with Crippen LogP contribution in [-0.2, 0) is 28.0 Å². The van der Waals surface area contributed by atoms with Crippen molar-refractivity contribution in [2.45, 2.75) is 76.5 Å². The molecule has 7 nitrogen and oxygen atoms in total. The molecule has 0 spiro atoms. The van der Waals surface area contributed by atoms with Gasteiger partial charge in [0.05, 0.1) is 12.1 Å². The van der Waals surface area contributed by atoms with E-state index in [0.717, 1.165) is 25.1 Å². The van der Waals surface area contributed by atoms with Gasteiger partial charge in [0, 0.05) is 57.7 Å². The van der Waals surface area contributed by atoms with Gasteiger partial charge in [-0.1, -0.05) is 37.3 Å². The molecule has 1 aromatic heterocycles. The monoisotopic (exact) mass is 440 g/mol. The zero-order valence-electron chi connectivity index (χ0n) is 19.5. The molecular formula is C25H36N4O3. The van der Waals surface area contributed by atoms with E-state index in [9.17, 15) is 14.7 Å². The van der Waals surface area contributed by atoms with E-state index in [0.29, 0.717) is 32.4 Å². The van der Waals surface area contributed by atoms with Gasteiger partial charge < -0.3 is 19.9 Å². The minimum Gasteiger partial charge on any atom is -0.391 e. The van der Waals surface area contributed by atoms with Crippen LogP contribution in [0.1, 0.15) is 57.3 Å². The minimum atomic E-state index is -0.591. The van der Waals surface area contributed by atoms with Crippen LogP contribution in [-0.4, -0.2) is 57.1 Å². The van der Waals surface area contributed by atoms with Crippen LogP contribution in [0.15, 0.2) is 42.7 Å². The molecule has 7 heteroatoms. The second-order valence-electron chi connectivity index (χ2n) is 8.91. The summed E-state index contributed by atoms with van der Waals surface area (Å²) in [5.41, 5.74) is 0.919. The summed E-state index contributed by atoms with van der Waals surface area (Å²) in [4.78, 5) is 30.7. The van der Waals surface area contributed by atoms with E-state index in [1.54, 1.807) is 18.1 Å². The van der Waals surface area contributed by atoms with Crippen molar-refractivity contribution in [3.63, 3.8) is 0 Å². The Morgan fingerprint density at radius 3 is 2.66 bits per heavy atom. The summed E-state index contributed by atoms with van der Waals surface area (Å²) in [6.45, 7) is 4.70. The summed E-state index contributed by atoms with van der Waals surface area (Å²) in [7, 11) is 1.80. The first kappa shape index (κ1) is 24.0. The maximum Gasteiger partial charge on any atom is 0.224 e. The van der Waals surface area contributed by atoms with E-state index in [4.69, 9.17) is 0 Å². The van der Waals surface area contributed by atoms with Crippen LogP contribution in [0.3, 0.4) is 0 Å². The molecule has 0 saturated heterocycles. The molecule has 174 valence electrons. The van der Waals surface area contributed by atoms with Gasteiger partial charge in [-0.05, 0) is 31.2 Å². The number of amides is 2. The fraction of sp³-hybridized carbons (Fsp3) is 0.560. The number of benzene rings is 1. The van der Waals surface area contributed by atoms with Crippen molar-refractivity contribution in [1.29, 1.82) is 0 Å². The Kier molecular flexibility index (Phi) is 8.07. The number of imidazole rings is 1. The predicted molar refractivity (Wildman–Crippen MR) is 124 cm³/mol. The second-order valence-corrected chi connectivity index (χ2v) is 8.91. The molecule has 1 aromatic carbocycles. The molecule has 0 unspecified atom stereocenters. The van der Waals surface area contributed by atoms with Crippen molar-refractivity contribution in [3.05, 3.63) is 54.1 Å². The molecule has 32 heavy (non-hydrogen) atoms. The second kappa shape index (κ2) is 10.8. The third-order valence-corrected chi connectivity index (χ3v) is 6.92. The standard InChI is InChI=1S/C25H36N4O3/c1-4-23-26-15-17-29(23)16-12-24(32)28(3)21-10-13-25(14-11-22(21)31,18-27-19(2)30)20-8-6-5-7-9-20/h5-9,15,17,21-22,31H,4,10-14,16,18H2,1-3H3,(H,27,30)/t21-,22-,25-/m1/s1. The van der Waals surface area contributed by atoms with E-state index in [1.807, 2.05) is 29.0 Å². The Labute approximate surface area is 190 Å². The van der Waals surface area contributed by atoms with Crippen LogP contribution in [0.25, 0.3) is 0 Å². The smallest absolute Gasteiger partial charge is 0.224 e. The van der Waals surface area contributed by atoms with Gasteiger partial charge in [0.25, 0.3) is 0 Å². The molecule has 2 amide bonds. The number of aliphatic hydroxyl groups is 1. The Bertz CT molecular complexity index is 898. The van der Waals surface area contributed by atoms with Crippen LogP contribution in [0.5, 0.6) is 0 Å². The number of likely N-dealkylation sites (N-methyl/N-ethyl adjacent to an activating group) is 1. The van der Waals surface area contributed by atoms with Crippen LogP contribution in [0.2, 0.25) is 0 Å². The lowest BCUT2D eigenvalue weighted by Crippen LogP contribution is -2.44. The van der Waals surface area contributed by atoms with Crippen molar-refractivity contribution in [1.82, 2.24) is 19.8 Å². The van der Waals surface area contributed by atoms with Crippen LogP contribution < -0.4 is 5.32 Å². The summed E-state index contributed by atoms with van der Waals surface area (Å²) < 4.78 is 2.02. The first-order chi connectivity index (χ1) is 15.4. The highest BCUT2D eigenvalue weighted by Crippen LogP contribution is 2.39. The molecule has 0 bridgehead atoms. The Morgan fingerprint density at radius 2 is 1.97 bits per heavy atom. The van der Waals surface area contributed by atoms with Crippen molar-refractivity contribution in [2.24, 2.45) is 0 Å². The first-order valence-corrected chi connectivity index (χ1v) is 11.6. The number of aliphatic hydroxyl groups excluding tert-OH is 1. The van der Waals surface area contributed by atoms with E-state index in [-0.39, 0.29) is 23.3 Å². The molecule has 1 heterocycles. The van der Waals surface area contributed by atoms with Gasteiger partial charge in [-0.25, -0.2) is 4.98 Å². The van der Waals surface area contributed by atoms with Gasteiger partial charge in [0.1, 0.15) is 5.82 Å². The van der Waals surface area contributed by atoms with Crippen LogP contribution in [0.4, 0.5) is 0 Å². The van der Waals surface area contributed by atoms with Gasteiger partial charge in [-0.3, -0.25) is 9.59 Å². The molecule has 2 N–H and O–H groups in total. The van der Waals surface area contributed by atoms with E-state index in [1.165, 1.54) is 12.5 Å². The Balaban J connectivity index is 1.70. The predicted octanol–water partition coefficient (Wildman–Crippen LogP) is 2.67. The Hall–Kier alpha value is -2.67. The fourth-order valence-corrected chi connectivity index (χ4v) is 4.90. The molecular weight excluding hydrogens is 404 g/mol. The normalized spacial score (nSPS) is 23.4. The van der Waals surface area contributed by atoms with Crippen molar-refractivity contribution in [2.75, 3.05) is 13.6 Å². The van der Waals surface area contributed by atoms with E-state index >= 15 is 0 Å². The number of carbonyl (C=O) groups excluding carboxylic acids is 2. The molecule has 3 rings (SSSR count). The summed E-state index contributed by atoms with van der Waals surface area (Å²) in [6.07, 6.45) is 7.09. The van der Waals surface area contributed by atoms with Gasteiger partial charge in [0.15, 0.2) is 0 Å². The summed E-state index contributed by atoms with van der Waals surface area (Å²) in [6, 6.07) is 9.97.